The summed E-state index contributed by atoms with van der Waals surface area (Å²) in [5.74, 6) is -1.76. The lowest BCUT2D eigenvalue weighted by Gasteiger charge is -2.51. The van der Waals surface area contributed by atoms with Crippen LogP contribution < -0.4 is 15.1 Å². The highest BCUT2D eigenvalue weighted by Crippen LogP contribution is 2.47. The number of esters is 1. The minimum atomic E-state index is -3.26. The Hall–Kier alpha value is -5.01. The number of hydrogen-bond acceptors (Lipinski definition) is 12. The number of benzene rings is 4. The molecule has 3 atom stereocenters. The Kier molecular flexibility index (Phi) is 16.7. The number of carbonyl (C=O) groups excluding carboxylic acids is 4. The number of nitro groups is 1. The van der Waals surface area contributed by atoms with E-state index in [9.17, 15) is 29.3 Å². The highest BCUT2D eigenvalue weighted by molar-refractivity contribution is 8.16. The molecule has 5 rings (SSSR count). The fourth-order valence-corrected chi connectivity index (χ4v) is 15.3. The fraction of sp³-hybridized carbons (Fsp3) is 0.412. The molecule has 1 amide bonds. The number of β-lactam (4-membered cyclic amide) rings is 1. The molecule has 16 heteroatoms. The van der Waals surface area contributed by atoms with Gasteiger partial charge in [0.05, 0.1) is 27.9 Å². The number of thioether (sulfide) groups is 2. The van der Waals surface area contributed by atoms with Crippen LogP contribution in [0.2, 0.25) is 23.2 Å². The summed E-state index contributed by atoms with van der Waals surface area (Å²) in [7, 11) is -5.61. The second-order valence-electron chi connectivity index (χ2n) is 20.1. The van der Waals surface area contributed by atoms with E-state index in [0.717, 1.165) is 10.4 Å². The van der Waals surface area contributed by atoms with Gasteiger partial charge in [-0.25, -0.2) is 9.59 Å². The smallest absolute Gasteiger partial charge is 0.359 e. The van der Waals surface area contributed by atoms with Crippen LogP contribution in [-0.2, 0) is 34.6 Å². The zero-order chi connectivity index (χ0) is 49.7. The summed E-state index contributed by atoms with van der Waals surface area (Å²) < 4.78 is 25.9. The molecule has 358 valence electrons. The normalized spacial score (nSPS) is 16.6. The van der Waals surface area contributed by atoms with Gasteiger partial charge in [-0.1, -0.05) is 130 Å². The molecule has 0 N–H and O–H groups in total. The zero-order valence-electron chi connectivity index (χ0n) is 40.8. The topological polar surface area (TPSA) is 152 Å². The van der Waals surface area contributed by atoms with Crippen molar-refractivity contribution >= 4 is 79.2 Å². The molecular weight excluding hydrogens is 921 g/mol. The van der Waals surface area contributed by atoms with Gasteiger partial charge in [0, 0.05) is 17.5 Å². The third-order valence-electron chi connectivity index (χ3n) is 12.1. The highest BCUT2D eigenvalue weighted by Gasteiger charge is 2.57. The number of nitro benzene ring substituents is 1. The summed E-state index contributed by atoms with van der Waals surface area (Å²) in [6.07, 6.45) is -0.504. The first-order valence-electron chi connectivity index (χ1n) is 22.3. The standard InChI is InChI=1S/C51H64N2O10S2Si2/c1-14-64-44-41(34(2)62-66(12,13)50(6,7)8)43(54)52(44)42(46(56)60-33-35-25-29-37(30-26-35)53(58)59)47(65-48(57)49(3,4)5)61-38-31-27-36(28-32-38)45(55)63-67(51(9,10)11,39-21-17-15-18-22-39)40-23-19-16-20-24-40/h15-32,34,41,44H,14,33H2,1-13H3/t34?,41-,44+/m0/s1. The second-order valence-corrected chi connectivity index (χ2v) is 31.4. The molecule has 0 spiro atoms. The molecule has 1 aliphatic heterocycles. The molecule has 12 nitrogen and oxygen atoms in total. The molecule has 1 heterocycles. The van der Waals surface area contributed by atoms with E-state index in [0.29, 0.717) is 23.1 Å². The van der Waals surface area contributed by atoms with Gasteiger partial charge in [-0.3, -0.25) is 24.6 Å². The summed E-state index contributed by atoms with van der Waals surface area (Å²) in [4.78, 5) is 69.7. The molecule has 0 aliphatic carbocycles. The fourth-order valence-electron chi connectivity index (χ4n) is 7.40. The lowest BCUT2D eigenvalue weighted by atomic mass is 9.92. The molecule has 67 heavy (non-hydrogen) atoms. The quantitative estimate of drug-likeness (QED) is 0.0188. The predicted molar refractivity (Wildman–Crippen MR) is 272 cm³/mol. The first kappa shape index (κ1) is 53.0. The third-order valence-corrected chi connectivity index (χ3v) is 24.0. The van der Waals surface area contributed by atoms with Gasteiger partial charge < -0.3 is 18.3 Å². The van der Waals surface area contributed by atoms with Crippen LogP contribution in [0.25, 0.3) is 0 Å². The Balaban J connectivity index is 1.59. The number of rotatable bonds is 17. The van der Waals surface area contributed by atoms with Gasteiger partial charge in [-0.2, -0.15) is 0 Å². The molecule has 0 aromatic heterocycles. The van der Waals surface area contributed by atoms with Crippen molar-refractivity contribution < 1.29 is 42.4 Å². The van der Waals surface area contributed by atoms with Crippen molar-refractivity contribution in [1.82, 2.24) is 4.90 Å². The van der Waals surface area contributed by atoms with Crippen molar-refractivity contribution in [2.45, 2.75) is 117 Å². The average Bonchev–Trinajstić information content (AvgIpc) is 3.25. The van der Waals surface area contributed by atoms with E-state index in [2.05, 4.69) is 54.6 Å². The minimum absolute atomic E-state index is 0.128. The number of amides is 1. The van der Waals surface area contributed by atoms with Gasteiger partial charge in [-0.15, -0.1) is 11.8 Å². The van der Waals surface area contributed by atoms with Gasteiger partial charge >= 0.3 is 20.3 Å². The maximum Gasteiger partial charge on any atom is 0.359 e. The molecule has 0 bridgehead atoms. The molecule has 1 aliphatic rings. The summed E-state index contributed by atoms with van der Waals surface area (Å²) in [5.41, 5.74) is -0.597. The van der Waals surface area contributed by atoms with Crippen LogP contribution in [0.15, 0.2) is 120 Å². The molecule has 1 unspecified atom stereocenters. The van der Waals surface area contributed by atoms with Gasteiger partial charge in [0.25, 0.3) is 5.69 Å². The molecule has 0 saturated carbocycles. The van der Waals surface area contributed by atoms with Crippen LogP contribution in [0.3, 0.4) is 0 Å². The van der Waals surface area contributed by atoms with Crippen molar-refractivity contribution in [3.63, 3.8) is 0 Å². The van der Waals surface area contributed by atoms with E-state index in [1.54, 1.807) is 45.0 Å². The average molecular weight is 985 g/mol. The molecule has 1 saturated heterocycles. The molecular formula is C51H64N2O10S2Si2. The van der Waals surface area contributed by atoms with E-state index in [-0.39, 0.29) is 44.5 Å². The van der Waals surface area contributed by atoms with Gasteiger partial charge in [-0.05, 0) is 99.9 Å². The minimum Gasteiger partial charge on any atom is -0.506 e. The highest BCUT2D eigenvalue weighted by atomic mass is 32.2. The Morgan fingerprint density at radius 1 is 0.791 bits per heavy atom. The number of hydrogen-bond donors (Lipinski definition) is 0. The number of ether oxygens (including phenoxy) is 2. The van der Waals surface area contributed by atoms with Crippen LogP contribution in [0, 0.1) is 21.4 Å². The number of carbonyl (C=O) groups is 4. The van der Waals surface area contributed by atoms with E-state index >= 15 is 0 Å². The molecule has 4 aromatic carbocycles. The summed E-state index contributed by atoms with van der Waals surface area (Å²) in [6.45, 7) is 25.6. The van der Waals surface area contributed by atoms with Crippen molar-refractivity contribution in [1.29, 1.82) is 0 Å². The maximum atomic E-state index is 14.6. The van der Waals surface area contributed by atoms with Crippen LogP contribution in [-0.4, -0.2) is 66.6 Å². The molecule has 4 aromatic rings. The van der Waals surface area contributed by atoms with Crippen LogP contribution in [0.4, 0.5) is 5.69 Å². The van der Waals surface area contributed by atoms with Crippen LogP contribution in [0.1, 0.15) is 92.1 Å². The summed E-state index contributed by atoms with van der Waals surface area (Å²) in [6, 6.07) is 31.5. The largest absolute Gasteiger partial charge is 0.506 e. The Labute approximate surface area is 406 Å². The lowest BCUT2D eigenvalue weighted by molar-refractivity contribution is -0.384. The molecule has 1 fully saturated rings. The monoisotopic (exact) mass is 984 g/mol. The zero-order valence-corrected chi connectivity index (χ0v) is 44.5. The van der Waals surface area contributed by atoms with Gasteiger partial charge in [0.15, 0.2) is 19.1 Å². The van der Waals surface area contributed by atoms with Gasteiger partial charge in [0.2, 0.25) is 11.0 Å². The van der Waals surface area contributed by atoms with Gasteiger partial charge in [0.1, 0.15) is 12.4 Å². The van der Waals surface area contributed by atoms with E-state index in [1.807, 2.05) is 74.5 Å². The maximum absolute atomic E-state index is 14.6. The van der Waals surface area contributed by atoms with Crippen molar-refractivity contribution in [2.24, 2.45) is 11.3 Å². The number of likely N-dealkylation sites (tertiary alicyclic amines) is 1. The summed E-state index contributed by atoms with van der Waals surface area (Å²) in [5, 5.41) is 11.5. The van der Waals surface area contributed by atoms with Crippen molar-refractivity contribution in [3.8, 4) is 5.75 Å². The van der Waals surface area contributed by atoms with Crippen molar-refractivity contribution in [3.05, 3.63) is 141 Å². The SMILES string of the molecule is CCS[C@@H]1[C@@H](C(C)O[Si](C)(C)C(C)(C)C)C(=O)N1C(C(=O)OCc1ccc([N+](=O)[O-])cc1)=C(Oc1ccc(C(=O)O[Si](c2ccccc2)(c2ccccc2)C(C)(C)C)cc1)SC(=O)C(C)(C)C. The van der Waals surface area contributed by atoms with E-state index in [4.69, 9.17) is 18.3 Å². The number of non-ortho nitro benzene ring substituents is 1. The Morgan fingerprint density at radius 2 is 1.33 bits per heavy atom. The predicted octanol–water partition coefficient (Wildman–Crippen LogP) is 10.9. The summed E-state index contributed by atoms with van der Waals surface area (Å²) >= 11 is 2.14. The second kappa shape index (κ2) is 21.1. The first-order valence-corrected chi connectivity index (χ1v) is 29.0. The molecule has 0 radical (unpaired) electrons. The Bertz CT molecular complexity index is 2410. The van der Waals surface area contributed by atoms with Crippen LogP contribution in [0.5, 0.6) is 5.75 Å². The van der Waals surface area contributed by atoms with E-state index in [1.165, 1.54) is 40.9 Å². The number of nitrogens with zero attached hydrogens (tertiary/aromatic N) is 2. The Morgan fingerprint density at radius 3 is 1.79 bits per heavy atom. The van der Waals surface area contributed by atoms with Crippen molar-refractivity contribution in [2.75, 3.05) is 5.75 Å². The van der Waals surface area contributed by atoms with E-state index < -0.39 is 67.3 Å². The van der Waals surface area contributed by atoms with Crippen LogP contribution >= 0.6 is 23.5 Å². The lowest BCUT2D eigenvalue weighted by Crippen LogP contribution is -2.67. The first-order chi connectivity index (χ1) is 31.2. The third kappa shape index (κ3) is 12.0.